The summed E-state index contributed by atoms with van der Waals surface area (Å²) in [7, 11) is -3.77. The topological polar surface area (TPSA) is 82.1 Å². The molecule has 0 spiro atoms. The van der Waals surface area contributed by atoms with Gasteiger partial charge in [0.25, 0.3) is 0 Å². The van der Waals surface area contributed by atoms with Crippen molar-refractivity contribution in [2.24, 2.45) is 0 Å². The summed E-state index contributed by atoms with van der Waals surface area (Å²) in [5.41, 5.74) is 4.66. The minimum Gasteiger partial charge on any atom is -0.507 e. The number of carbonyl (C=O) groups excluding carboxylic acids is 1. The van der Waals surface area contributed by atoms with Gasteiger partial charge in [-0.25, -0.2) is 4.57 Å². The third kappa shape index (κ3) is 7.75. The van der Waals surface area contributed by atoms with Crippen molar-refractivity contribution in [1.82, 2.24) is 0 Å². The fourth-order valence-electron chi connectivity index (χ4n) is 3.92. The summed E-state index contributed by atoms with van der Waals surface area (Å²) < 4.78 is 30.1. The van der Waals surface area contributed by atoms with Crippen molar-refractivity contribution in [3.05, 3.63) is 53.6 Å². The zero-order valence-electron chi connectivity index (χ0n) is 21.4. The predicted molar refractivity (Wildman–Crippen MR) is 137 cm³/mol. The smallest absolute Gasteiger partial charge is 0.379 e. The van der Waals surface area contributed by atoms with Crippen LogP contribution in [0.15, 0.2) is 36.9 Å². The van der Waals surface area contributed by atoms with Crippen molar-refractivity contribution in [3.63, 3.8) is 0 Å². The second kappa shape index (κ2) is 11.2. The van der Waals surface area contributed by atoms with Gasteiger partial charge in [-0.05, 0) is 55.5 Å². The van der Waals surface area contributed by atoms with Crippen LogP contribution >= 0.6 is 7.60 Å². The summed E-state index contributed by atoms with van der Waals surface area (Å²) in [6.07, 6.45) is 3.83. The van der Waals surface area contributed by atoms with Crippen LogP contribution in [-0.2, 0) is 25.0 Å². The molecule has 0 heterocycles. The molecule has 0 radical (unpaired) electrons. The van der Waals surface area contributed by atoms with E-state index in [0.29, 0.717) is 5.56 Å². The molecule has 0 aliphatic carbocycles. The number of rotatable bonds is 11. The molecule has 0 saturated carbocycles. The van der Waals surface area contributed by atoms with Crippen molar-refractivity contribution in [2.45, 2.75) is 73.0 Å². The standard InChI is InChI=1S/C27H37O6P/c1-9-10-11-12-21-16-24(29)26(23-15-19(4)13-14-22(23)18(2)3)25(17-21)32-34(8,30)33-27(6,7)31-20(5)28/h13-17,29H,2,9-12H2,1,3-8H3. The zero-order chi connectivity index (χ0) is 25.7. The SMILES string of the molecule is C=C(C)c1ccc(C)cc1-c1c(O)cc(CCCCC)cc1OP(C)(=O)OC(C)(C)OC(C)=O. The Kier molecular flexibility index (Phi) is 9.15. The van der Waals surface area contributed by atoms with Crippen LogP contribution in [0, 0.1) is 6.92 Å². The molecule has 0 amide bonds. The van der Waals surface area contributed by atoms with E-state index in [9.17, 15) is 14.5 Å². The molecule has 0 aliphatic heterocycles. The van der Waals surface area contributed by atoms with Crippen molar-refractivity contribution in [1.29, 1.82) is 0 Å². The second-order valence-corrected chi connectivity index (χ2v) is 11.1. The van der Waals surface area contributed by atoms with Crippen LogP contribution in [0.1, 0.15) is 70.6 Å². The molecule has 186 valence electrons. The van der Waals surface area contributed by atoms with Crippen molar-refractivity contribution < 1.29 is 28.3 Å². The lowest BCUT2D eigenvalue weighted by molar-refractivity contribution is -0.184. The summed E-state index contributed by atoms with van der Waals surface area (Å²) in [4.78, 5) is 11.4. The summed E-state index contributed by atoms with van der Waals surface area (Å²) in [5, 5.41) is 11.1. The number of esters is 1. The molecule has 0 bridgehead atoms. The molecular weight excluding hydrogens is 451 g/mol. The van der Waals surface area contributed by atoms with E-state index in [2.05, 4.69) is 13.5 Å². The Bertz CT molecular complexity index is 1100. The number of carbonyl (C=O) groups is 1. The van der Waals surface area contributed by atoms with Gasteiger partial charge in [-0.2, -0.15) is 0 Å². The first-order valence-corrected chi connectivity index (χ1v) is 13.5. The van der Waals surface area contributed by atoms with Crippen LogP contribution < -0.4 is 4.52 Å². The maximum atomic E-state index is 13.4. The molecule has 0 aliphatic rings. The van der Waals surface area contributed by atoms with E-state index >= 15 is 0 Å². The Labute approximate surface area is 203 Å². The fourth-order valence-corrected chi connectivity index (χ4v) is 5.30. The number of phenolic OH excluding ortho intramolecular Hbond substituents is 1. The second-order valence-electron chi connectivity index (χ2n) is 9.22. The first-order chi connectivity index (χ1) is 15.7. The molecule has 1 atom stereocenters. The summed E-state index contributed by atoms with van der Waals surface area (Å²) in [6.45, 7) is 15.6. The fraction of sp³-hybridized carbons (Fsp3) is 0.444. The third-order valence-corrected chi connectivity index (χ3v) is 6.45. The van der Waals surface area contributed by atoms with Crippen LogP contribution in [-0.4, -0.2) is 23.5 Å². The van der Waals surface area contributed by atoms with Gasteiger partial charge in [0.2, 0.25) is 5.79 Å². The van der Waals surface area contributed by atoms with Gasteiger partial charge in [0.1, 0.15) is 11.5 Å². The summed E-state index contributed by atoms with van der Waals surface area (Å²) >= 11 is 0. The largest absolute Gasteiger partial charge is 0.507 e. The lowest BCUT2D eigenvalue weighted by Gasteiger charge is -2.28. The average Bonchev–Trinajstić information content (AvgIpc) is 2.65. The van der Waals surface area contributed by atoms with Crippen LogP contribution in [0.5, 0.6) is 11.5 Å². The number of hydrogen-bond donors (Lipinski definition) is 1. The molecule has 7 heteroatoms. The Hall–Kier alpha value is -2.56. The molecule has 2 rings (SSSR count). The van der Waals surface area contributed by atoms with Crippen LogP contribution in [0.2, 0.25) is 0 Å². The van der Waals surface area contributed by atoms with Crippen molar-refractivity contribution in [3.8, 4) is 22.6 Å². The van der Waals surface area contributed by atoms with Crippen molar-refractivity contribution in [2.75, 3.05) is 6.66 Å². The molecule has 6 nitrogen and oxygen atoms in total. The summed E-state index contributed by atoms with van der Waals surface area (Å²) in [6, 6.07) is 9.38. The van der Waals surface area contributed by atoms with Crippen LogP contribution in [0.4, 0.5) is 0 Å². The van der Waals surface area contributed by atoms with Crippen LogP contribution in [0.25, 0.3) is 16.7 Å². The number of unbranched alkanes of at least 4 members (excludes halogenated alkanes) is 2. The van der Waals surface area contributed by atoms with E-state index in [4.69, 9.17) is 13.8 Å². The first-order valence-electron chi connectivity index (χ1n) is 11.5. The lowest BCUT2D eigenvalue weighted by Crippen LogP contribution is -2.29. The highest BCUT2D eigenvalue weighted by Gasteiger charge is 2.34. The Morgan fingerprint density at radius 2 is 1.82 bits per heavy atom. The quantitative estimate of drug-likeness (QED) is 0.151. The van der Waals surface area contributed by atoms with Gasteiger partial charge in [-0.3, -0.25) is 9.32 Å². The average molecular weight is 489 g/mol. The van der Waals surface area contributed by atoms with E-state index in [1.807, 2.05) is 32.0 Å². The van der Waals surface area contributed by atoms with Gasteiger partial charge in [0.15, 0.2) is 0 Å². The van der Waals surface area contributed by atoms with E-state index in [1.54, 1.807) is 12.1 Å². The van der Waals surface area contributed by atoms with Gasteiger partial charge >= 0.3 is 13.6 Å². The van der Waals surface area contributed by atoms with Gasteiger partial charge < -0.3 is 14.4 Å². The number of benzene rings is 2. The maximum absolute atomic E-state index is 13.4. The van der Waals surface area contributed by atoms with E-state index < -0.39 is 19.4 Å². The van der Waals surface area contributed by atoms with Gasteiger partial charge in [-0.15, -0.1) is 0 Å². The highest BCUT2D eigenvalue weighted by atomic mass is 31.2. The van der Waals surface area contributed by atoms with E-state index in [0.717, 1.165) is 53.5 Å². The minimum atomic E-state index is -3.77. The molecular formula is C27H37O6P. The normalized spacial score (nSPS) is 13.3. The highest BCUT2D eigenvalue weighted by molar-refractivity contribution is 7.53. The predicted octanol–water partition coefficient (Wildman–Crippen LogP) is 7.65. The Morgan fingerprint density at radius 1 is 1.15 bits per heavy atom. The molecule has 0 saturated heterocycles. The molecule has 2 aromatic rings. The first kappa shape index (κ1) is 27.7. The molecule has 0 fully saturated rings. The Morgan fingerprint density at radius 3 is 2.41 bits per heavy atom. The minimum absolute atomic E-state index is 0.0244. The Balaban J connectivity index is 2.62. The highest BCUT2D eigenvalue weighted by Crippen LogP contribution is 2.53. The lowest BCUT2D eigenvalue weighted by atomic mass is 9.91. The van der Waals surface area contributed by atoms with Crippen molar-refractivity contribution >= 4 is 19.1 Å². The zero-order valence-corrected chi connectivity index (χ0v) is 22.3. The number of hydrogen-bond acceptors (Lipinski definition) is 6. The van der Waals surface area contributed by atoms with Gasteiger partial charge in [0.05, 0.1) is 12.2 Å². The van der Waals surface area contributed by atoms with E-state index in [1.165, 1.54) is 27.4 Å². The maximum Gasteiger partial charge on any atom is 0.379 e. The number of ether oxygens (including phenoxy) is 1. The molecule has 1 N–H and O–H groups in total. The van der Waals surface area contributed by atoms with Gasteiger partial charge in [0, 0.05) is 20.8 Å². The number of aryl methyl sites for hydroxylation is 2. The molecule has 0 aromatic heterocycles. The van der Waals surface area contributed by atoms with Crippen LogP contribution in [0.3, 0.4) is 0 Å². The molecule has 34 heavy (non-hydrogen) atoms. The monoisotopic (exact) mass is 488 g/mol. The molecule has 2 aromatic carbocycles. The number of aromatic hydroxyl groups is 1. The summed E-state index contributed by atoms with van der Waals surface area (Å²) in [5.74, 6) is -1.75. The van der Waals surface area contributed by atoms with E-state index in [-0.39, 0.29) is 11.5 Å². The molecule has 1 unspecified atom stereocenters. The number of phenols is 1. The third-order valence-electron chi connectivity index (χ3n) is 5.15. The number of allylic oxidation sites excluding steroid dienone is 1. The van der Waals surface area contributed by atoms with Gasteiger partial charge in [-0.1, -0.05) is 55.7 Å².